The molecule has 62 heavy (non-hydrogen) atoms. The van der Waals surface area contributed by atoms with Gasteiger partial charge in [-0.15, -0.1) is 0 Å². The van der Waals surface area contributed by atoms with E-state index >= 15 is 0 Å². The number of rotatable bonds is 9. The molecule has 8 aliphatic heterocycles. The minimum atomic E-state index is -1.88. The maximum atomic E-state index is 12.5. The van der Waals surface area contributed by atoms with Crippen LogP contribution in [0.3, 0.4) is 0 Å². The van der Waals surface area contributed by atoms with Gasteiger partial charge in [0.05, 0.1) is 55.3 Å². The Morgan fingerprint density at radius 3 is 2.40 bits per heavy atom. The third-order valence-electron chi connectivity index (χ3n) is 17.0. The summed E-state index contributed by atoms with van der Waals surface area (Å²) in [5.74, 6) is -3.94. The first kappa shape index (κ1) is 45.4. The largest absolute Gasteiger partial charge is 0.481 e. The molecule has 0 aromatic heterocycles. The number of aliphatic hydroxyl groups excluding tert-OH is 2. The molecule has 1 saturated carbocycles. The summed E-state index contributed by atoms with van der Waals surface area (Å²) in [4.78, 5) is 11.1. The van der Waals surface area contributed by atoms with Gasteiger partial charge in [-0.05, 0) is 81.2 Å². The number of nitrogens with one attached hydrogen (secondary N) is 1. The molecule has 1 aliphatic carbocycles. The topological polar surface area (TPSA) is 175 Å². The van der Waals surface area contributed by atoms with Crippen molar-refractivity contribution in [2.75, 3.05) is 6.54 Å². The summed E-state index contributed by atoms with van der Waals surface area (Å²) in [7, 11) is 0. The predicted molar refractivity (Wildman–Crippen MR) is 228 cm³/mol. The number of ether oxygens (including phenoxy) is 7. The molecule has 5 N–H and O–H groups in total. The van der Waals surface area contributed by atoms with E-state index in [0.29, 0.717) is 68.6 Å². The lowest BCUT2D eigenvalue weighted by Crippen LogP contribution is -2.61. The Morgan fingerprint density at radius 1 is 0.871 bits per heavy atom. The van der Waals surface area contributed by atoms with Gasteiger partial charge in [0.25, 0.3) is 0 Å². The van der Waals surface area contributed by atoms with Crippen molar-refractivity contribution in [3.63, 3.8) is 0 Å². The van der Waals surface area contributed by atoms with Crippen LogP contribution in [0.5, 0.6) is 0 Å². The highest BCUT2D eigenvalue weighted by atomic mass is 16.8. The molecule has 0 amide bonds. The molecular weight excluding hydrogens is 795 g/mol. The third kappa shape index (κ3) is 8.24. The monoisotopic (exact) mass is 870 g/mol. The predicted octanol–water partition coefficient (Wildman–Crippen LogP) is 6.28. The Kier molecular flexibility index (Phi) is 12.1. The Balaban J connectivity index is 0.850. The van der Waals surface area contributed by atoms with Crippen LogP contribution in [0, 0.1) is 41.4 Å². The molecule has 7 saturated heterocycles. The number of aliphatic carboxylic acids is 1. The van der Waals surface area contributed by atoms with E-state index in [1.54, 1.807) is 6.08 Å². The fraction of sp³-hybridized carbons (Fsp3) is 0.857. The van der Waals surface area contributed by atoms with Gasteiger partial charge < -0.3 is 58.9 Å². The molecule has 0 aromatic rings. The molecule has 9 rings (SSSR count). The van der Waals surface area contributed by atoms with Gasteiger partial charge >= 0.3 is 5.97 Å². The van der Waals surface area contributed by atoms with Gasteiger partial charge in [-0.25, -0.2) is 0 Å². The molecule has 0 aromatic carbocycles. The molecule has 2 bridgehead atoms. The molecule has 348 valence electrons. The van der Waals surface area contributed by atoms with Crippen LogP contribution in [0.1, 0.15) is 132 Å². The van der Waals surface area contributed by atoms with E-state index in [0.717, 1.165) is 43.4 Å². The number of fused-ring (bicyclic) bond motifs is 5. The summed E-state index contributed by atoms with van der Waals surface area (Å²) in [6.07, 6.45) is 9.12. The molecule has 13 nitrogen and oxygen atoms in total. The highest BCUT2D eigenvalue weighted by Crippen LogP contribution is 2.57. The second-order valence-electron chi connectivity index (χ2n) is 22.2. The van der Waals surface area contributed by atoms with Gasteiger partial charge in [0.1, 0.15) is 6.10 Å². The molecule has 3 spiro atoms. The summed E-state index contributed by atoms with van der Waals surface area (Å²) in [6.45, 7) is 20.9. The minimum absolute atomic E-state index is 0.0480. The molecule has 1 unspecified atom stereocenters. The lowest BCUT2D eigenvalue weighted by atomic mass is 9.73. The fourth-order valence-corrected chi connectivity index (χ4v) is 13.9. The highest BCUT2D eigenvalue weighted by Gasteiger charge is 2.64. The average molecular weight is 870 g/mol. The van der Waals surface area contributed by atoms with Crippen molar-refractivity contribution >= 4 is 5.97 Å². The van der Waals surface area contributed by atoms with Gasteiger partial charge in [-0.1, -0.05) is 71.9 Å². The van der Waals surface area contributed by atoms with Gasteiger partial charge in [0, 0.05) is 61.8 Å². The molecule has 8 heterocycles. The average Bonchev–Trinajstić information content (AvgIpc) is 3.87. The van der Waals surface area contributed by atoms with Crippen LogP contribution in [-0.2, 0) is 38.0 Å². The number of hydrogen-bond acceptors (Lipinski definition) is 12. The van der Waals surface area contributed by atoms with E-state index in [1.165, 1.54) is 12.5 Å². The molecule has 13 heteroatoms. The minimum Gasteiger partial charge on any atom is -0.481 e. The zero-order chi connectivity index (χ0) is 44.1. The summed E-state index contributed by atoms with van der Waals surface area (Å²) in [5.41, 5.74) is 1.98. The van der Waals surface area contributed by atoms with Crippen LogP contribution >= 0.6 is 0 Å². The summed E-state index contributed by atoms with van der Waals surface area (Å²) in [6, 6.07) is 0. The van der Waals surface area contributed by atoms with Crippen molar-refractivity contribution in [3.8, 4) is 0 Å². The lowest BCUT2D eigenvalue weighted by molar-refractivity contribution is -0.366. The lowest BCUT2D eigenvalue weighted by Gasteiger charge is -2.54. The maximum Gasteiger partial charge on any atom is 0.306 e. The van der Waals surface area contributed by atoms with Crippen molar-refractivity contribution in [1.29, 1.82) is 0 Å². The number of carboxylic acids is 1. The van der Waals surface area contributed by atoms with Crippen molar-refractivity contribution in [3.05, 3.63) is 36.0 Å². The van der Waals surface area contributed by atoms with Crippen LogP contribution in [0.25, 0.3) is 0 Å². The zero-order valence-corrected chi connectivity index (χ0v) is 38.1. The van der Waals surface area contributed by atoms with Crippen molar-refractivity contribution < 1.29 is 58.4 Å². The third-order valence-corrected chi connectivity index (χ3v) is 17.0. The van der Waals surface area contributed by atoms with E-state index in [2.05, 4.69) is 46.5 Å². The summed E-state index contributed by atoms with van der Waals surface area (Å²) < 4.78 is 47.7. The molecule has 21 atom stereocenters. The van der Waals surface area contributed by atoms with Gasteiger partial charge in [0.2, 0.25) is 0 Å². The first-order chi connectivity index (χ1) is 29.2. The van der Waals surface area contributed by atoms with E-state index < -0.39 is 59.6 Å². The zero-order valence-electron chi connectivity index (χ0n) is 38.1. The number of hydrogen-bond donors (Lipinski definition) is 5. The smallest absolute Gasteiger partial charge is 0.306 e. The quantitative estimate of drug-likeness (QED) is 0.164. The number of piperidine rings is 1. The molecule has 8 fully saturated rings. The van der Waals surface area contributed by atoms with Crippen LogP contribution in [0.15, 0.2) is 36.0 Å². The van der Waals surface area contributed by atoms with E-state index in [4.69, 9.17) is 38.3 Å². The van der Waals surface area contributed by atoms with E-state index in [9.17, 15) is 20.1 Å². The van der Waals surface area contributed by atoms with Gasteiger partial charge in [0.15, 0.2) is 23.1 Å². The maximum absolute atomic E-state index is 12.5. The number of carboxylic acid groups (broad SMARTS) is 1. The van der Waals surface area contributed by atoms with Crippen molar-refractivity contribution in [2.24, 2.45) is 41.4 Å². The highest BCUT2D eigenvalue weighted by molar-refractivity contribution is 5.67. The van der Waals surface area contributed by atoms with Gasteiger partial charge in [-0.2, -0.15) is 0 Å². The second-order valence-corrected chi connectivity index (χ2v) is 22.2. The first-order valence-corrected chi connectivity index (χ1v) is 24.1. The Labute approximate surface area is 368 Å². The van der Waals surface area contributed by atoms with Crippen LogP contribution in [-0.4, -0.2) is 117 Å². The van der Waals surface area contributed by atoms with Crippen LogP contribution in [0.4, 0.5) is 0 Å². The Hall–Kier alpha value is -1.75. The Morgan fingerprint density at radius 2 is 1.65 bits per heavy atom. The first-order valence-electron chi connectivity index (χ1n) is 24.1. The summed E-state index contributed by atoms with van der Waals surface area (Å²) in [5, 5.41) is 47.8. The number of aliphatic hydroxyl groups is 3. The van der Waals surface area contributed by atoms with E-state index in [-0.39, 0.29) is 54.1 Å². The summed E-state index contributed by atoms with van der Waals surface area (Å²) >= 11 is 0. The van der Waals surface area contributed by atoms with Crippen LogP contribution in [0.2, 0.25) is 0 Å². The number of carbonyl (C=O) groups is 1. The molecule has 9 aliphatic rings. The van der Waals surface area contributed by atoms with Crippen molar-refractivity contribution in [2.45, 2.75) is 216 Å². The van der Waals surface area contributed by atoms with E-state index in [1.807, 2.05) is 19.9 Å². The van der Waals surface area contributed by atoms with Gasteiger partial charge in [-0.3, -0.25) is 4.79 Å². The normalized spacial score (nSPS) is 52.3. The standard InChI is InChI=1S/C49H75NO12/c1-26-14-35(10-9-34(51)18-42(52)53)57-46(20-26)11-12-48(62-46)32(7)17-38-39(60-48)19-40(56-38)44(54)49(55)33(8)16-29(4)43(61-49)30(5)22-47-21-27(2)15-37(58-47)36-23-45(24-41(36)59-47)31(6)13-28(3)25-50-45/h9-10,14,27-29,31-41,43-44,50-51,54-55H,5,11-13,15-25H2,1-4,6-8H3,(H,52,53)/t27-,28+,29-,31-,32+,33+,34-,35+,36-,37+,38+,39+,40?,41+,43-,44+,45+,46+,47+,48+,49+/m0/s1. The Bertz CT molecular complexity index is 1770. The van der Waals surface area contributed by atoms with Crippen molar-refractivity contribution in [1.82, 2.24) is 5.32 Å². The van der Waals surface area contributed by atoms with Crippen LogP contribution < -0.4 is 5.32 Å². The fourth-order valence-electron chi connectivity index (χ4n) is 13.9. The molecular formula is C49H75NO12. The SMILES string of the molecule is C=C(C[C@]12C[C@@H](C)C[C@@H](O1)[C@@H]1C[C@]3(C[C@H]1O2)NC[C@H](C)C[C@@H]3C)[C@H]1O[C@@](O)([C@H](O)C2C[C@H]3O[C@@]4(CC[C@]5(CC(C)=C[C@@H](C=C[C@H](O)CC(=O)O)O5)O4)[C@H](C)C[C@H]3O2)[C@H](C)C[C@@H]1C. The second kappa shape index (κ2) is 16.5. The molecule has 0 radical (unpaired) electrons.